The molecule has 0 aromatic carbocycles. The predicted octanol–water partition coefficient (Wildman–Crippen LogP) is 2.73. The molecule has 0 N–H and O–H groups in total. The van der Waals surface area contributed by atoms with Gasteiger partial charge in [0.2, 0.25) is 0 Å². The Kier molecular flexibility index (Phi) is 4.01. The molecule has 1 aliphatic heterocycles. The lowest BCUT2D eigenvalue weighted by atomic mass is 9.93. The van der Waals surface area contributed by atoms with Crippen LogP contribution in [0.5, 0.6) is 0 Å². The number of hydrogen-bond donors (Lipinski definition) is 0. The summed E-state index contributed by atoms with van der Waals surface area (Å²) in [6.45, 7) is 6.51. The van der Waals surface area contributed by atoms with Gasteiger partial charge >= 0.3 is 0 Å². The van der Waals surface area contributed by atoms with Gasteiger partial charge in [-0.15, -0.1) is 0 Å². The maximum atomic E-state index is 4.66. The van der Waals surface area contributed by atoms with E-state index >= 15 is 0 Å². The Morgan fingerprint density at radius 1 is 1.19 bits per heavy atom. The average molecular weight is 285 g/mol. The summed E-state index contributed by atoms with van der Waals surface area (Å²) in [6, 6.07) is 2.36. The highest BCUT2D eigenvalue weighted by atomic mass is 15.3. The van der Waals surface area contributed by atoms with Gasteiger partial charge in [-0.05, 0) is 46.3 Å². The van der Waals surface area contributed by atoms with Crippen LogP contribution in [0.25, 0.3) is 11.4 Å². The van der Waals surface area contributed by atoms with Crippen molar-refractivity contribution in [1.29, 1.82) is 0 Å². The van der Waals surface area contributed by atoms with Gasteiger partial charge < -0.3 is 4.90 Å². The number of likely N-dealkylation sites (N-methyl/N-ethyl adjacent to an activating group) is 1. The highest BCUT2D eigenvalue weighted by molar-refractivity contribution is 5.58. The molecule has 5 nitrogen and oxygen atoms in total. The van der Waals surface area contributed by atoms with Gasteiger partial charge in [-0.2, -0.15) is 5.10 Å². The zero-order valence-corrected chi connectivity index (χ0v) is 13.0. The molecule has 0 bridgehead atoms. The fourth-order valence-electron chi connectivity index (χ4n) is 3.15. The molecule has 2 aromatic rings. The molecule has 0 saturated carbocycles. The highest BCUT2D eigenvalue weighted by Gasteiger charge is 2.25. The SMILES string of the molecule is CC(C)n1nccc1-c1nccnc1[C@@H]1CCCN(C)C1. The minimum atomic E-state index is 0.318. The molecular weight excluding hydrogens is 262 g/mol. The highest BCUT2D eigenvalue weighted by Crippen LogP contribution is 2.31. The second kappa shape index (κ2) is 5.93. The van der Waals surface area contributed by atoms with Gasteiger partial charge in [0.1, 0.15) is 5.69 Å². The third-order valence-electron chi connectivity index (χ3n) is 4.14. The first-order valence-electron chi connectivity index (χ1n) is 7.70. The summed E-state index contributed by atoms with van der Waals surface area (Å²) in [5.74, 6) is 0.461. The monoisotopic (exact) mass is 285 g/mol. The van der Waals surface area contributed by atoms with Crippen molar-refractivity contribution in [3.63, 3.8) is 0 Å². The molecule has 1 atom stereocenters. The van der Waals surface area contributed by atoms with E-state index in [1.165, 1.54) is 19.4 Å². The van der Waals surface area contributed by atoms with Crippen LogP contribution in [0, 0.1) is 0 Å². The molecule has 1 fully saturated rings. The minimum absolute atomic E-state index is 0.318. The molecule has 3 rings (SSSR count). The van der Waals surface area contributed by atoms with Gasteiger partial charge in [0.05, 0.1) is 11.4 Å². The van der Waals surface area contributed by atoms with Crippen molar-refractivity contribution >= 4 is 0 Å². The van der Waals surface area contributed by atoms with Gasteiger partial charge in [-0.1, -0.05) is 0 Å². The quantitative estimate of drug-likeness (QED) is 0.870. The molecule has 5 heteroatoms. The number of hydrogen-bond acceptors (Lipinski definition) is 4. The molecule has 0 radical (unpaired) electrons. The second-order valence-corrected chi connectivity index (χ2v) is 6.15. The average Bonchev–Trinajstić information content (AvgIpc) is 2.97. The van der Waals surface area contributed by atoms with Crippen molar-refractivity contribution in [3.8, 4) is 11.4 Å². The molecule has 112 valence electrons. The van der Waals surface area contributed by atoms with Crippen LogP contribution in [0.3, 0.4) is 0 Å². The first kappa shape index (κ1) is 14.2. The summed E-state index contributed by atoms with van der Waals surface area (Å²) >= 11 is 0. The molecule has 3 heterocycles. The number of nitrogens with zero attached hydrogens (tertiary/aromatic N) is 5. The van der Waals surface area contributed by atoms with Gasteiger partial charge in [-0.3, -0.25) is 14.6 Å². The number of piperidine rings is 1. The van der Waals surface area contributed by atoms with E-state index in [1.54, 1.807) is 6.20 Å². The summed E-state index contributed by atoms with van der Waals surface area (Å²) in [5, 5.41) is 4.43. The van der Waals surface area contributed by atoms with E-state index in [2.05, 4.69) is 40.9 Å². The third kappa shape index (κ3) is 2.83. The standard InChI is InChI=1S/C16H23N5/c1-12(2)21-14(6-7-19-21)16-15(17-8-9-18-16)13-5-4-10-20(3)11-13/h6-9,12-13H,4-5,10-11H2,1-3H3/t13-/m1/s1. The lowest BCUT2D eigenvalue weighted by molar-refractivity contribution is 0.248. The van der Waals surface area contributed by atoms with Crippen molar-refractivity contribution in [2.24, 2.45) is 0 Å². The Hall–Kier alpha value is -1.75. The Morgan fingerprint density at radius 2 is 2.00 bits per heavy atom. The van der Waals surface area contributed by atoms with E-state index in [0.29, 0.717) is 12.0 Å². The number of likely N-dealkylation sites (tertiary alicyclic amines) is 1. The van der Waals surface area contributed by atoms with E-state index in [-0.39, 0.29) is 0 Å². The van der Waals surface area contributed by atoms with Crippen LogP contribution in [0.2, 0.25) is 0 Å². The molecule has 1 saturated heterocycles. The van der Waals surface area contributed by atoms with Crippen LogP contribution in [0.4, 0.5) is 0 Å². The van der Waals surface area contributed by atoms with Crippen molar-refractivity contribution in [1.82, 2.24) is 24.6 Å². The first-order valence-corrected chi connectivity index (χ1v) is 7.70. The largest absolute Gasteiger partial charge is 0.306 e. The molecule has 2 aromatic heterocycles. The zero-order valence-electron chi connectivity index (χ0n) is 13.0. The minimum Gasteiger partial charge on any atom is -0.306 e. The molecule has 0 amide bonds. The van der Waals surface area contributed by atoms with Crippen molar-refractivity contribution < 1.29 is 0 Å². The normalized spacial score (nSPS) is 20.1. The summed E-state index contributed by atoms with van der Waals surface area (Å²) in [6.07, 6.45) is 7.85. The van der Waals surface area contributed by atoms with Crippen LogP contribution < -0.4 is 0 Å². The van der Waals surface area contributed by atoms with Crippen LogP contribution >= 0.6 is 0 Å². The van der Waals surface area contributed by atoms with Gasteiger partial charge in [-0.25, -0.2) is 0 Å². The van der Waals surface area contributed by atoms with Crippen LogP contribution in [-0.4, -0.2) is 44.8 Å². The molecule has 0 unspecified atom stereocenters. The fraction of sp³-hybridized carbons (Fsp3) is 0.562. The fourth-order valence-corrected chi connectivity index (χ4v) is 3.15. The maximum Gasteiger partial charge on any atom is 0.110 e. The van der Waals surface area contributed by atoms with E-state index in [9.17, 15) is 0 Å². The van der Waals surface area contributed by atoms with E-state index in [0.717, 1.165) is 23.6 Å². The summed E-state index contributed by atoms with van der Waals surface area (Å²) in [5.41, 5.74) is 3.18. The van der Waals surface area contributed by atoms with Crippen LogP contribution in [0.15, 0.2) is 24.7 Å². The molecular formula is C16H23N5. The maximum absolute atomic E-state index is 4.66. The lowest BCUT2D eigenvalue weighted by Crippen LogP contribution is -2.31. The zero-order chi connectivity index (χ0) is 14.8. The lowest BCUT2D eigenvalue weighted by Gasteiger charge is -2.30. The summed E-state index contributed by atoms with van der Waals surface area (Å²) in [7, 11) is 2.18. The smallest absolute Gasteiger partial charge is 0.110 e. The van der Waals surface area contributed by atoms with Gasteiger partial charge in [0.15, 0.2) is 0 Å². The number of rotatable bonds is 3. The molecule has 21 heavy (non-hydrogen) atoms. The van der Waals surface area contributed by atoms with Gasteiger partial charge in [0.25, 0.3) is 0 Å². The third-order valence-corrected chi connectivity index (χ3v) is 4.14. The molecule has 0 aliphatic carbocycles. The van der Waals surface area contributed by atoms with E-state index in [4.69, 9.17) is 0 Å². The van der Waals surface area contributed by atoms with Crippen molar-refractivity contribution in [3.05, 3.63) is 30.4 Å². The Labute approximate surface area is 126 Å². The first-order chi connectivity index (χ1) is 10.2. The topological polar surface area (TPSA) is 46.8 Å². The summed E-state index contributed by atoms with van der Waals surface area (Å²) < 4.78 is 2.03. The Morgan fingerprint density at radius 3 is 2.76 bits per heavy atom. The van der Waals surface area contributed by atoms with Crippen LogP contribution in [0.1, 0.15) is 44.3 Å². The Balaban J connectivity index is 2.01. The van der Waals surface area contributed by atoms with Gasteiger partial charge in [0, 0.05) is 37.1 Å². The molecule has 1 aliphatic rings. The molecule has 0 spiro atoms. The van der Waals surface area contributed by atoms with Crippen molar-refractivity contribution in [2.45, 2.75) is 38.6 Å². The van der Waals surface area contributed by atoms with Crippen molar-refractivity contribution in [2.75, 3.05) is 20.1 Å². The number of aromatic nitrogens is 4. The second-order valence-electron chi connectivity index (χ2n) is 6.15. The summed E-state index contributed by atoms with van der Waals surface area (Å²) in [4.78, 5) is 11.7. The van der Waals surface area contributed by atoms with E-state index in [1.807, 2.05) is 23.1 Å². The van der Waals surface area contributed by atoms with E-state index < -0.39 is 0 Å². The Bertz CT molecular complexity index is 604. The van der Waals surface area contributed by atoms with Crippen LogP contribution in [-0.2, 0) is 0 Å². The predicted molar refractivity (Wildman–Crippen MR) is 83.1 cm³/mol.